The standard InChI is InChI=1S/C10H16O2/c1-2-3-4-7-10(12)8-5-6-9-11/h5-6,8-9,11H,2-4,7H2,1H3. The van der Waals surface area contributed by atoms with Crippen molar-refractivity contribution < 1.29 is 9.90 Å². The Bertz CT molecular complexity index is 169. The number of unbranched alkanes of at least 4 members (excludes halogenated alkanes) is 2. The molecule has 0 atom stereocenters. The van der Waals surface area contributed by atoms with Gasteiger partial charge in [0, 0.05) is 6.42 Å². The lowest BCUT2D eigenvalue weighted by atomic mass is 10.1. The van der Waals surface area contributed by atoms with E-state index in [2.05, 4.69) is 6.92 Å². The topological polar surface area (TPSA) is 37.3 Å². The number of carbonyl (C=O) groups is 1. The second-order valence-corrected chi connectivity index (χ2v) is 2.62. The lowest BCUT2D eigenvalue weighted by Crippen LogP contribution is -1.91. The van der Waals surface area contributed by atoms with Crippen LogP contribution in [0.15, 0.2) is 24.5 Å². The van der Waals surface area contributed by atoms with Gasteiger partial charge in [0.05, 0.1) is 6.26 Å². The van der Waals surface area contributed by atoms with Crippen LogP contribution in [-0.4, -0.2) is 10.9 Å². The molecule has 0 aromatic carbocycles. The average molecular weight is 168 g/mol. The van der Waals surface area contributed by atoms with Crippen molar-refractivity contribution in [3.8, 4) is 0 Å². The molecule has 12 heavy (non-hydrogen) atoms. The van der Waals surface area contributed by atoms with Gasteiger partial charge in [0.15, 0.2) is 5.78 Å². The Morgan fingerprint density at radius 3 is 2.67 bits per heavy atom. The first-order chi connectivity index (χ1) is 5.81. The second kappa shape index (κ2) is 8.05. The molecule has 68 valence electrons. The van der Waals surface area contributed by atoms with Crippen LogP contribution >= 0.6 is 0 Å². The van der Waals surface area contributed by atoms with Gasteiger partial charge in [-0.05, 0) is 18.6 Å². The van der Waals surface area contributed by atoms with Crippen molar-refractivity contribution in [2.45, 2.75) is 32.6 Å². The van der Waals surface area contributed by atoms with E-state index >= 15 is 0 Å². The Morgan fingerprint density at radius 1 is 1.33 bits per heavy atom. The van der Waals surface area contributed by atoms with Crippen LogP contribution in [0, 0.1) is 0 Å². The van der Waals surface area contributed by atoms with E-state index in [1.165, 1.54) is 12.2 Å². The summed E-state index contributed by atoms with van der Waals surface area (Å²) >= 11 is 0. The van der Waals surface area contributed by atoms with Gasteiger partial charge in [-0.3, -0.25) is 4.79 Å². The molecule has 0 rings (SSSR count). The predicted octanol–water partition coefficient (Wildman–Crippen LogP) is 2.76. The Hall–Kier alpha value is -1.05. The van der Waals surface area contributed by atoms with Crippen LogP contribution in [0.3, 0.4) is 0 Å². The molecule has 1 N–H and O–H groups in total. The van der Waals surface area contributed by atoms with Gasteiger partial charge in [-0.1, -0.05) is 25.8 Å². The molecule has 0 aliphatic carbocycles. The van der Waals surface area contributed by atoms with E-state index in [4.69, 9.17) is 5.11 Å². The number of rotatable bonds is 6. The normalized spacial score (nSPS) is 11.4. The fourth-order valence-corrected chi connectivity index (χ4v) is 0.845. The van der Waals surface area contributed by atoms with E-state index in [-0.39, 0.29) is 5.78 Å². The number of hydrogen-bond acceptors (Lipinski definition) is 2. The maximum absolute atomic E-state index is 11.0. The smallest absolute Gasteiger partial charge is 0.155 e. The van der Waals surface area contributed by atoms with Crippen LogP contribution in [0.1, 0.15) is 32.6 Å². The highest BCUT2D eigenvalue weighted by Gasteiger charge is 1.93. The molecule has 0 aliphatic heterocycles. The minimum absolute atomic E-state index is 0.126. The largest absolute Gasteiger partial charge is 0.516 e. The van der Waals surface area contributed by atoms with E-state index in [1.807, 2.05) is 0 Å². The van der Waals surface area contributed by atoms with E-state index in [9.17, 15) is 4.79 Å². The molecule has 0 amide bonds. The summed E-state index contributed by atoms with van der Waals surface area (Å²) in [5.74, 6) is 0.126. The van der Waals surface area contributed by atoms with Gasteiger partial charge in [-0.15, -0.1) is 0 Å². The molecule has 0 bridgehead atoms. The third-order valence-corrected chi connectivity index (χ3v) is 1.51. The molecule has 2 nitrogen and oxygen atoms in total. The molecule has 0 radical (unpaired) electrons. The lowest BCUT2D eigenvalue weighted by molar-refractivity contribution is -0.114. The van der Waals surface area contributed by atoms with Gasteiger partial charge in [0.1, 0.15) is 0 Å². The Kier molecular flexibility index (Phi) is 7.35. The summed E-state index contributed by atoms with van der Waals surface area (Å²) in [6.07, 6.45) is 9.19. The van der Waals surface area contributed by atoms with Gasteiger partial charge in [-0.25, -0.2) is 0 Å². The highest BCUT2D eigenvalue weighted by molar-refractivity contribution is 5.89. The maximum Gasteiger partial charge on any atom is 0.155 e. The van der Waals surface area contributed by atoms with Crippen molar-refractivity contribution in [2.75, 3.05) is 0 Å². The summed E-state index contributed by atoms with van der Waals surface area (Å²) in [6, 6.07) is 0. The summed E-state index contributed by atoms with van der Waals surface area (Å²) in [4.78, 5) is 11.0. The number of aliphatic hydroxyl groups is 1. The summed E-state index contributed by atoms with van der Waals surface area (Å²) in [6.45, 7) is 2.11. The molecule has 2 heteroatoms. The van der Waals surface area contributed by atoms with E-state index in [0.717, 1.165) is 25.5 Å². The van der Waals surface area contributed by atoms with Crippen molar-refractivity contribution in [3.05, 3.63) is 24.5 Å². The molecule has 0 fully saturated rings. The van der Waals surface area contributed by atoms with Crippen LogP contribution < -0.4 is 0 Å². The molecule has 0 heterocycles. The first-order valence-corrected chi connectivity index (χ1v) is 4.31. The van der Waals surface area contributed by atoms with Crippen LogP contribution in [0.2, 0.25) is 0 Å². The Balaban J connectivity index is 3.45. The molecular formula is C10H16O2. The highest BCUT2D eigenvalue weighted by Crippen LogP contribution is 2.00. The Morgan fingerprint density at radius 2 is 2.08 bits per heavy atom. The van der Waals surface area contributed by atoms with Crippen LogP contribution in [0.4, 0.5) is 0 Å². The number of hydrogen-bond donors (Lipinski definition) is 1. The first kappa shape index (κ1) is 11.0. The van der Waals surface area contributed by atoms with Gasteiger partial charge >= 0.3 is 0 Å². The molecule has 0 aromatic rings. The Labute approximate surface area is 73.6 Å². The fourth-order valence-electron chi connectivity index (χ4n) is 0.845. The predicted molar refractivity (Wildman–Crippen MR) is 50.1 cm³/mol. The molecule has 0 unspecified atom stereocenters. The molecular weight excluding hydrogens is 152 g/mol. The van der Waals surface area contributed by atoms with Crippen molar-refractivity contribution in [3.63, 3.8) is 0 Å². The van der Waals surface area contributed by atoms with Gasteiger partial charge in [-0.2, -0.15) is 0 Å². The minimum Gasteiger partial charge on any atom is -0.516 e. The zero-order chi connectivity index (χ0) is 9.23. The van der Waals surface area contributed by atoms with Crippen LogP contribution in [-0.2, 0) is 4.79 Å². The summed E-state index contributed by atoms with van der Waals surface area (Å²) in [7, 11) is 0. The molecule has 0 aromatic heterocycles. The average Bonchev–Trinajstić information content (AvgIpc) is 2.06. The van der Waals surface area contributed by atoms with Gasteiger partial charge in [0.25, 0.3) is 0 Å². The van der Waals surface area contributed by atoms with E-state index < -0.39 is 0 Å². The third-order valence-electron chi connectivity index (χ3n) is 1.51. The SMILES string of the molecule is CCCCCC(=O)C=CC=CO. The van der Waals surface area contributed by atoms with Crippen molar-refractivity contribution in [2.24, 2.45) is 0 Å². The van der Waals surface area contributed by atoms with Gasteiger partial charge in [0.2, 0.25) is 0 Å². The number of carbonyl (C=O) groups excluding carboxylic acids is 1. The van der Waals surface area contributed by atoms with E-state index in [1.54, 1.807) is 6.08 Å². The number of ketones is 1. The van der Waals surface area contributed by atoms with E-state index in [0.29, 0.717) is 6.42 Å². The second-order valence-electron chi connectivity index (χ2n) is 2.62. The van der Waals surface area contributed by atoms with Crippen LogP contribution in [0.25, 0.3) is 0 Å². The summed E-state index contributed by atoms with van der Waals surface area (Å²) < 4.78 is 0. The minimum atomic E-state index is 0.126. The fraction of sp³-hybridized carbons (Fsp3) is 0.500. The highest BCUT2D eigenvalue weighted by atomic mass is 16.2. The molecule has 0 saturated heterocycles. The molecule has 0 spiro atoms. The molecule has 0 saturated carbocycles. The van der Waals surface area contributed by atoms with Crippen LogP contribution in [0.5, 0.6) is 0 Å². The van der Waals surface area contributed by atoms with Crippen molar-refractivity contribution in [1.29, 1.82) is 0 Å². The van der Waals surface area contributed by atoms with Crippen molar-refractivity contribution in [1.82, 2.24) is 0 Å². The first-order valence-electron chi connectivity index (χ1n) is 4.31. The zero-order valence-electron chi connectivity index (χ0n) is 7.49. The van der Waals surface area contributed by atoms with Gasteiger partial charge < -0.3 is 5.11 Å². The number of allylic oxidation sites excluding steroid dienone is 3. The quantitative estimate of drug-likeness (QED) is 0.286. The molecule has 0 aliphatic rings. The number of aliphatic hydroxyl groups excluding tert-OH is 1. The monoisotopic (exact) mass is 168 g/mol. The lowest BCUT2D eigenvalue weighted by Gasteiger charge is -1.92. The van der Waals surface area contributed by atoms with Crippen molar-refractivity contribution >= 4 is 5.78 Å². The zero-order valence-corrected chi connectivity index (χ0v) is 7.49. The third kappa shape index (κ3) is 7.06. The maximum atomic E-state index is 11.0. The summed E-state index contributed by atoms with van der Waals surface area (Å²) in [5, 5.41) is 8.25. The summed E-state index contributed by atoms with van der Waals surface area (Å²) in [5.41, 5.74) is 0.